The summed E-state index contributed by atoms with van der Waals surface area (Å²) >= 11 is 0. The van der Waals surface area contributed by atoms with Gasteiger partial charge in [-0.2, -0.15) is 0 Å². The van der Waals surface area contributed by atoms with Crippen LogP contribution in [0.15, 0.2) is 18.2 Å². The van der Waals surface area contributed by atoms with Crippen LogP contribution in [0, 0.1) is 0 Å². The van der Waals surface area contributed by atoms with Gasteiger partial charge in [-0.3, -0.25) is 0 Å². The number of nitrogens with one attached hydrogen (secondary N) is 1. The van der Waals surface area contributed by atoms with E-state index >= 15 is 0 Å². The van der Waals surface area contributed by atoms with Gasteiger partial charge in [-0.05, 0) is 32.0 Å². The van der Waals surface area contributed by atoms with E-state index in [1.54, 1.807) is 18.2 Å². The number of hydrogen-bond donors (Lipinski definition) is 4. The molecule has 0 bridgehead atoms. The molecule has 0 amide bonds. The van der Waals surface area contributed by atoms with Gasteiger partial charge in [-0.1, -0.05) is 0 Å². The lowest BCUT2D eigenvalue weighted by atomic mass is 10.1. The highest BCUT2D eigenvalue weighted by Crippen LogP contribution is 2.24. The maximum absolute atomic E-state index is 11.4. The third-order valence-corrected chi connectivity index (χ3v) is 3.08. The summed E-state index contributed by atoms with van der Waals surface area (Å²) in [4.78, 5) is 13.3. The molecule has 0 aromatic heterocycles. The number of aliphatic hydroxyl groups is 2. The van der Waals surface area contributed by atoms with Gasteiger partial charge < -0.3 is 25.5 Å². The molecule has 20 heavy (non-hydrogen) atoms. The molecule has 0 saturated heterocycles. The van der Waals surface area contributed by atoms with E-state index in [0.29, 0.717) is 11.4 Å². The molecule has 0 saturated carbocycles. The number of carbonyl (C=O) groups is 1. The van der Waals surface area contributed by atoms with E-state index in [1.807, 2.05) is 18.7 Å². The first kappa shape index (κ1) is 16.3. The van der Waals surface area contributed by atoms with Gasteiger partial charge in [0.15, 0.2) is 0 Å². The quantitative estimate of drug-likeness (QED) is 0.568. The molecule has 4 N–H and O–H groups in total. The predicted octanol–water partition coefficient (Wildman–Crippen LogP) is 0.996. The molecule has 1 atom stereocenters. The van der Waals surface area contributed by atoms with Gasteiger partial charge in [-0.25, -0.2) is 4.79 Å². The largest absolute Gasteiger partial charge is 0.478 e. The molecule has 6 heteroatoms. The summed E-state index contributed by atoms with van der Waals surface area (Å²) < 4.78 is 0. The first-order chi connectivity index (χ1) is 9.53. The Bertz CT molecular complexity index is 447. The Labute approximate surface area is 118 Å². The van der Waals surface area contributed by atoms with Crippen LogP contribution in [-0.2, 0) is 0 Å². The van der Waals surface area contributed by atoms with Gasteiger partial charge in [0, 0.05) is 25.3 Å². The van der Waals surface area contributed by atoms with Crippen LogP contribution in [0.4, 0.5) is 11.4 Å². The summed E-state index contributed by atoms with van der Waals surface area (Å²) in [5.74, 6) is -0.988. The molecule has 1 aromatic carbocycles. The van der Waals surface area contributed by atoms with Crippen molar-refractivity contribution in [1.82, 2.24) is 0 Å². The third kappa shape index (κ3) is 4.11. The van der Waals surface area contributed by atoms with Crippen LogP contribution >= 0.6 is 0 Å². The highest BCUT2D eigenvalue weighted by Gasteiger charge is 2.15. The smallest absolute Gasteiger partial charge is 0.337 e. The first-order valence-corrected chi connectivity index (χ1v) is 6.68. The summed E-state index contributed by atoms with van der Waals surface area (Å²) in [5, 5.41) is 30.2. The van der Waals surface area contributed by atoms with Gasteiger partial charge >= 0.3 is 5.97 Å². The van der Waals surface area contributed by atoms with E-state index in [1.165, 1.54) is 0 Å². The summed E-state index contributed by atoms with van der Waals surface area (Å²) in [6.07, 6.45) is -0.870. The number of anilines is 2. The molecular weight excluding hydrogens is 260 g/mol. The molecule has 1 unspecified atom stereocenters. The Morgan fingerprint density at radius 3 is 2.50 bits per heavy atom. The average Bonchev–Trinajstić information content (AvgIpc) is 2.46. The van der Waals surface area contributed by atoms with E-state index in [2.05, 4.69) is 5.32 Å². The Morgan fingerprint density at radius 2 is 2.00 bits per heavy atom. The Hall–Kier alpha value is -1.79. The molecule has 0 heterocycles. The van der Waals surface area contributed by atoms with Crippen LogP contribution in [0.1, 0.15) is 24.2 Å². The zero-order valence-electron chi connectivity index (χ0n) is 11.8. The lowest BCUT2D eigenvalue weighted by Crippen LogP contribution is -2.25. The topological polar surface area (TPSA) is 93.0 Å². The fraction of sp³-hybridized carbons (Fsp3) is 0.500. The van der Waals surface area contributed by atoms with Crippen molar-refractivity contribution in [2.45, 2.75) is 20.0 Å². The first-order valence-electron chi connectivity index (χ1n) is 6.68. The second-order valence-corrected chi connectivity index (χ2v) is 4.43. The second-order valence-electron chi connectivity index (χ2n) is 4.43. The number of hydrogen-bond acceptors (Lipinski definition) is 5. The minimum absolute atomic E-state index is 0.167. The summed E-state index contributed by atoms with van der Waals surface area (Å²) in [7, 11) is 0. The molecule has 0 aliphatic rings. The molecule has 0 aliphatic heterocycles. The standard InChI is InChI=1S/C14H22N2O4/c1-3-16(4-2)13-6-5-10(7-12(13)14(19)20)15-8-11(18)9-17/h5-7,11,15,17-18H,3-4,8-9H2,1-2H3,(H,19,20). The summed E-state index contributed by atoms with van der Waals surface area (Å²) in [6.45, 7) is 5.23. The summed E-state index contributed by atoms with van der Waals surface area (Å²) in [5.41, 5.74) is 1.50. The maximum atomic E-state index is 11.4. The monoisotopic (exact) mass is 282 g/mol. The zero-order valence-corrected chi connectivity index (χ0v) is 11.8. The highest BCUT2D eigenvalue weighted by molar-refractivity contribution is 5.95. The van der Waals surface area contributed by atoms with E-state index in [9.17, 15) is 15.0 Å². The second kappa shape index (κ2) is 7.72. The Balaban J connectivity index is 2.98. The molecule has 112 valence electrons. The molecule has 0 spiro atoms. The minimum atomic E-state index is -0.988. The van der Waals surface area contributed by atoms with Crippen LogP contribution in [0.5, 0.6) is 0 Å². The van der Waals surface area contributed by atoms with Gasteiger partial charge in [-0.15, -0.1) is 0 Å². The molecule has 0 fully saturated rings. The van der Waals surface area contributed by atoms with Crippen molar-refractivity contribution >= 4 is 17.3 Å². The van der Waals surface area contributed by atoms with Crippen LogP contribution in [0.25, 0.3) is 0 Å². The molecule has 0 aliphatic carbocycles. The van der Waals surface area contributed by atoms with Crippen LogP contribution in [-0.4, -0.2) is 53.6 Å². The number of carboxylic acid groups (broad SMARTS) is 1. The van der Waals surface area contributed by atoms with Crippen LogP contribution in [0.2, 0.25) is 0 Å². The van der Waals surface area contributed by atoms with Crippen molar-refractivity contribution in [2.75, 3.05) is 36.5 Å². The molecule has 6 nitrogen and oxygen atoms in total. The number of aliphatic hydroxyl groups excluding tert-OH is 2. The van der Waals surface area contributed by atoms with Crippen molar-refractivity contribution < 1.29 is 20.1 Å². The number of rotatable bonds is 8. The third-order valence-electron chi connectivity index (χ3n) is 3.08. The van der Waals surface area contributed by atoms with Crippen molar-refractivity contribution in [3.05, 3.63) is 23.8 Å². The predicted molar refractivity (Wildman–Crippen MR) is 78.5 cm³/mol. The minimum Gasteiger partial charge on any atom is -0.478 e. The molecule has 1 rings (SSSR count). The fourth-order valence-corrected chi connectivity index (χ4v) is 1.96. The van der Waals surface area contributed by atoms with Crippen molar-refractivity contribution in [2.24, 2.45) is 0 Å². The normalized spacial score (nSPS) is 12.0. The van der Waals surface area contributed by atoms with Gasteiger partial charge in [0.2, 0.25) is 0 Å². The van der Waals surface area contributed by atoms with E-state index in [-0.39, 0.29) is 18.7 Å². The Morgan fingerprint density at radius 1 is 1.35 bits per heavy atom. The van der Waals surface area contributed by atoms with E-state index in [4.69, 9.17) is 5.11 Å². The summed E-state index contributed by atoms with van der Waals surface area (Å²) in [6, 6.07) is 5.06. The van der Waals surface area contributed by atoms with Gasteiger partial charge in [0.25, 0.3) is 0 Å². The lowest BCUT2D eigenvalue weighted by molar-refractivity contribution is 0.0697. The fourth-order valence-electron chi connectivity index (χ4n) is 1.96. The number of benzene rings is 1. The maximum Gasteiger partial charge on any atom is 0.337 e. The SMILES string of the molecule is CCN(CC)c1ccc(NCC(O)CO)cc1C(=O)O. The van der Waals surface area contributed by atoms with Gasteiger partial charge in [0.1, 0.15) is 0 Å². The molecular formula is C14H22N2O4. The number of nitrogens with zero attached hydrogens (tertiary/aromatic N) is 1. The Kier molecular flexibility index (Phi) is 6.27. The van der Waals surface area contributed by atoms with E-state index in [0.717, 1.165) is 13.1 Å². The van der Waals surface area contributed by atoms with Crippen molar-refractivity contribution in [3.63, 3.8) is 0 Å². The van der Waals surface area contributed by atoms with E-state index < -0.39 is 12.1 Å². The number of carboxylic acids is 1. The highest BCUT2D eigenvalue weighted by atomic mass is 16.4. The van der Waals surface area contributed by atoms with Crippen molar-refractivity contribution in [1.29, 1.82) is 0 Å². The van der Waals surface area contributed by atoms with Gasteiger partial charge in [0.05, 0.1) is 24.0 Å². The number of aromatic carboxylic acids is 1. The van der Waals surface area contributed by atoms with Crippen molar-refractivity contribution in [3.8, 4) is 0 Å². The zero-order chi connectivity index (χ0) is 15.1. The average molecular weight is 282 g/mol. The molecule has 0 radical (unpaired) electrons. The lowest BCUT2D eigenvalue weighted by Gasteiger charge is -2.23. The van der Waals surface area contributed by atoms with Crippen LogP contribution < -0.4 is 10.2 Å². The molecule has 1 aromatic rings. The van der Waals surface area contributed by atoms with Crippen LogP contribution in [0.3, 0.4) is 0 Å².